The molecule has 0 atom stereocenters. The van der Waals surface area contributed by atoms with E-state index in [1.807, 2.05) is 44.4 Å². The average Bonchev–Trinajstić information content (AvgIpc) is 3.50. The maximum atomic E-state index is 12.3. The summed E-state index contributed by atoms with van der Waals surface area (Å²) in [7, 11) is 0. The number of aryl methyl sites for hydroxylation is 1. The molecular weight excluding hydrogens is 484 g/mol. The number of nitrogens with two attached hydrogens (primary N) is 1. The Balaban J connectivity index is 1.29. The smallest absolute Gasteiger partial charge is 0.410 e. The van der Waals surface area contributed by atoms with Crippen LogP contribution in [0.5, 0.6) is 0 Å². The van der Waals surface area contributed by atoms with Crippen LogP contribution in [-0.4, -0.2) is 68.2 Å². The van der Waals surface area contributed by atoms with Crippen LogP contribution in [0.15, 0.2) is 24.5 Å². The Morgan fingerprint density at radius 3 is 2.37 bits per heavy atom. The van der Waals surface area contributed by atoms with E-state index in [9.17, 15) is 9.59 Å². The molecule has 2 amide bonds. The van der Waals surface area contributed by atoms with Gasteiger partial charge < -0.3 is 30.2 Å². The maximum Gasteiger partial charge on any atom is 0.410 e. The lowest BCUT2D eigenvalue weighted by Crippen LogP contribution is -2.50. The minimum atomic E-state index is -0.502. The highest BCUT2D eigenvalue weighted by Crippen LogP contribution is 2.36. The Bertz CT molecular complexity index is 1330. The first-order chi connectivity index (χ1) is 18.1. The molecule has 0 radical (unpaired) electrons. The van der Waals surface area contributed by atoms with E-state index in [0.29, 0.717) is 43.6 Å². The number of carbonyl (C=O) groups excluding carboxylic acids is 2. The molecule has 202 valence electrons. The topological polar surface area (TPSA) is 132 Å². The highest BCUT2D eigenvalue weighted by molar-refractivity contribution is 6.00. The molecule has 2 aliphatic rings. The minimum Gasteiger partial charge on any atom is -0.444 e. The monoisotopic (exact) mass is 520 g/mol. The van der Waals surface area contributed by atoms with Crippen molar-refractivity contribution in [1.29, 1.82) is 0 Å². The second-order valence-electron chi connectivity index (χ2n) is 11.1. The number of piperazine rings is 1. The number of pyridine rings is 1. The Kier molecular flexibility index (Phi) is 6.85. The van der Waals surface area contributed by atoms with Crippen LogP contribution in [-0.2, 0) is 4.74 Å². The lowest BCUT2D eigenvalue weighted by atomic mass is 10.2. The molecule has 3 N–H and O–H groups in total. The molecule has 2 fully saturated rings. The first kappa shape index (κ1) is 25.7. The number of hydrogen-bond acceptors (Lipinski definition) is 8. The van der Waals surface area contributed by atoms with Gasteiger partial charge in [0.2, 0.25) is 5.95 Å². The normalized spacial score (nSPS) is 16.7. The van der Waals surface area contributed by atoms with E-state index in [1.165, 1.54) is 0 Å². The predicted octanol–water partition coefficient (Wildman–Crippen LogP) is 4.15. The summed E-state index contributed by atoms with van der Waals surface area (Å²) in [6, 6.07) is 4.09. The molecule has 11 nitrogen and oxygen atoms in total. The lowest BCUT2D eigenvalue weighted by molar-refractivity contribution is 0.0240. The van der Waals surface area contributed by atoms with E-state index in [-0.39, 0.29) is 12.1 Å². The number of ether oxygens (including phenoxy) is 1. The van der Waals surface area contributed by atoms with E-state index in [2.05, 4.69) is 20.2 Å². The molecule has 1 aliphatic heterocycles. The van der Waals surface area contributed by atoms with Crippen LogP contribution >= 0.6 is 0 Å². The van der Waals surface area contributed by atoms with Gasteiger partial charge in [-0.2, -0.15) is 4.98 Å². The fourth-order valence-corrected chi connectivity index (χ4v) is 5.35. The fourth-order valence-electron chi connectivity index (χ4n) is 5.35. The largest absolute Gasteiger partial charge is 0.444 e. The number of rotatable bonds is 5. The molecule has 11 heteroatoms. The summed E-state index contributed by atoms with van der Waals surface area (Å²) in [5, 5.41) is 4.03. The van der Waals surface area contributed by atoms with Crippen molar-refractivity contribution in [2.75, 3.05) is 36.4 Å². The molecule has 0 bridgehead atoms. The SMILES string of the molecule is Cc1c(C(N)=O)n(C2CCCC2)c2nc(Nc3ccc(N4CCN(C(=O)OC(C)(C)C)CC4)cn3)ncc12. The summed E-state index contributed by atoms with van der Waals surface area (Å²) < 4.78 is 7.50. The van der Waals surface area contributed by atoms with Gasteiger partial charge in [0.05, 0.1) is 11.9 Å². The van der Waals surface area contributed by atoms with Gasteiger partial charge in [-0.1, -0.05) is 12.8 Å². The quantitative estimate of drug-likeness (QED) is 0.513. The third kappa shape index (κ3) is 5.23. The molecule has 1 saturated carbocycles. The van der Waals surface area contributed by atoms with Crippen molar-refractivity contribution in [3.05, 3.63) is 35.8 Å². The third-order valence-electron chi connectivity index (χ3n) is 7.20. The Hall–Kier alpha value is -3.89. The molecule has 38 heavy (non-hydrogen) atoms. The standard InChI is InChI=1S/C27H36N8O3/c1-17-20-16-30-25(32-24(20)35(22(17)23(28)36)18-7-5-6-8-18)31-21-10-9-19(15-29-21)33-11-13-34(14-12-33)26(37)38-27(2,3)4/h9-10,15-16,18H,5-8,11-14H2,1-4H3,(H2,28,36)(H,29,30,31,32). The van der Waals surface area contributed by atoms with Crippen LogP contribution in [0.25, 0.3) is 11.0 Å². The summed E-state index contributed by atoms with van der Waals surface area (Å²) in [6.45, 7) is 10.1. The number of anilines is 3. The van der Waals surface area contributed by atoms with Crippen molar-refractivity contribution in [3.63, 3.8) is 0 Å². The van der Waals surface area contributed by atoms with Gasteiger partial charge >= 0.3 is 6.09 Å². The molecule has 0 unspecified atom stereocenters. The van der Waals surface area contributed by atoms with Crippen molar-refractivity contribution in [3.8, 4) is 0 Å². The zero-order valence-corrected chi connectivity index (χ0v) is 22.5. The van der Waals surface area contributed by atoms with Gasteiger partial charge in [-0.25, -0.2) is 14.8 Å². The highest BCUT2D eigenvalue weighted by atomic mass is 16.6. The molecule has 5 rings (SSSR count). The number of primary amides is 1. The molecule has 1 saturated heterocycles. The molecule has 0 aromatic carbocycles. The van der Waals surface area contributed by atoms with Gasteiger partial charge in [0.15, 0.2) is 0 Å². The highest BCUT2D eigenvalue weighted by Gasteiger charge is 2.28. The number of carbonyl (C=O) groups is 2. The number of amides is 2. The van der Waals surface area contributed by atoms with Gasteiger partial charge in [-0.05, 0) is 58.2 Å². The summed E-state index contributed by atoms with van der Waals surface area (Å²) in [5.74, 6) is 0.592. The number of nitrogens with zero attached hydrogens (tertiary/aromatic N) is 6. The van der Waals surface area contributed by atoms with E-state index < -0.39 is 11.5 Å². The van der Waals surface area contributed by atoms with Crippen LogP contribution in [0.4, 0.5) is 22.2 Å². The van der Waals surface area contributed by atoms with Crippen molar-refractivity contribution in [2.24, 2.45) is 5.73 Å². The number of fused-ring (bicyclic) bond motifs is 1. The van der Waals surface area contributed by atoms with Gasteiger partial charge in [-0.3, -0.25) is 4.79 Å². The van der Waals surface area contributed by atoms with Crippen LogP contribution in [0.3, 0.4) is 0 Å². The first-order valence-electron chi connectivity index (χ1n) is 13.2. The Morgan fingerprint density at radius 1 is 1.05 bits per heavy atom. The van der Waals surface area contributed by atoms with E-state index in [1.54, 1.807) is 17.3 Å². The van der Waals surface area contributed by atoms with Gasteiger partial charge in [-0.15, -0.1) is 0 Å². The van der Waals surface area contributed by atoms with Crippen LogP contribution in [0, 0.1) is 6.92 Å². The molecule has 1 aliphatic carbocycles. The summed E-state index contributed by atoms with van der Waals surface area (Å²) in [5.41, 5.74) is 8.31. The third-order valence-corrected chi connectivity index (χ3v) is 7.20. The lowest BCUT2D eigenvalue weighted by Gasteiger charge is -2.36. The van der Waals surface area contributed by atoms with Gasteiger partial charge in [0, 0.05) is 43.8 Å². The van der Waals surface area contributed by atoms with Gasteiger partial charge in [0.25, 0.3) is 5.91 Å². The second kappa shape index (κ2) is 10.1. The van der Waals surface area contributed by atoms with Crippen molar-refractivity contribution in [1.82, 2.24) is 24.4 Å². The molecule has 4 heterocycles. The zero-order valence-electron chi connectivity index (χ0n) is 22.5. The minimum absolute atomic E-state index is 0.213. The Labute approximate surface area is 222 Å². The number of nitrogens with one attached hydrogen (secondary N) is 1. The first-order valence-corrected chi connectivity index (χ1v) is 13.2. The van der Waals surface area contributed by atoms with Crippen LogP contribution in [0.2, 0.25) is 0 Å². The molecule has 3 aromatic heterocycles. The summed E-state index contributed by atoms with van der Waals surface area (Å²) in [6.07, 6.45) is 7.55. The fraction of sp³-hybridized carbons (Fsp3) is 0.519. The summed E-state index contributed by atoms with van der Waals surface area (Å²) >= 11 is 0. The number of aromatic nitrogens is 4. The predicted molar refractivity (Wildman–Crippen MR) is 146 cm³/mol. The molecule has 0 spiro atoms. The second-order valence-corrected chi connectivity index (χ2v) is 11.1. The zero-order chi connectivity index (χ0) is 27.0. The van der Waals surface area contributed by atoms with Crippen molar-refractivity contribution in [2.45, 2.75) is 65.0 Å². The van der Waals surface area contributed by atoms with Crippen molar-refractivity contribution >= 4 is 40.5 Å². The number of hydrogen-bond donors (Lipinski definition) is 2. The Morgan fingerprint density at radius 2 is 1.76 bits per heavy atom. The van der Waals surface area contributed by atoms with E-state index >= 15 is 0 Å². The summed E-state index contributed by atoms with van der Waals surface area (Å²) in [4.78, 5) is 42.4. The van der Waals surface area contributed by atoms with Crippen LogP contribution in [0.1, 0.15) is 68.5 Å². The van der Waals surface area contributed by atoms with E-state index in [4.69, 9.17) is 15.5 Å². The maximum absolute atomic E-state index is 12.3. The molecular formula is C27H36N8O3. The average molecular weight is 521 g/mol. The van der Waals surface area contributed by atoms with Crippen molar-refractivity contribution < 1.29 is 14.3 Å². The van der Waals surface area contributed by atoms with E-state index in [0.717, 1.165) is 48.0 Å². The van der Waals surface area contributed by atoms with Gasteiger partial charge in [0.1, 0.15) is 22.8 Å². The van der Waals surface area contributed by atoms with Crippen LogP contribution < -0.4 is 16.0 Å². The molecule has 3 aromatic rings.